The van der Waals surface area contributed by atoms with Crippen molar-refractivity contribution in [1.29, 1.82) is 0 Å². The highest BCUT2D eigenvalue weighted by molar-refractivity contribution is 5.16. The average molecular weight is 280 g/mol. The van der Waals surface area contributed by atoms with Crippen LogP contribution in [0.15, 0.2) is 4.42 Å². The number of ether oxygens (including phenoxy) is 1. The van der Waals surface area contributed by atoms with Gasteiger partial charge >= 0.3 is 6.01 Å². The first-order valence-corrected chi connectivity index (χ1v) is 7.81. The van der Waals surface area contributed by atoms with E-state index in [1.807, 2.05) is 0 Å². The lowest BCUT2D eigenvalue weighted by Crippen LogP contribution is -2.20. The molecule has 0 amide bonds. The Morgan fingerprint density at radius 2 is 1.95 bits per heavy atom. The fourth-order valence-corrected chi connectivity index (χ4v) is 2.53. The van der Waals surface area contributed by atoms with Crippen LogP contribution in [-0.4, -0.2) is 35.5 Å². The summed E-state index contributed by atoms with van der Waals surface area (Å²) in [6, 6.07) is 1.15. The van der Waals surface area contributed by atoms with E-state index in [1.165, 1.54) is 44.9 Å². The van der Waals surface area contributed by atoms with Crippen molar-refractivity contribution in [2.45, 2.75) is 63.6 Å². The lowest BCUT2D eigenvalue weighted by atomic mass is 9.98. The summed E-state index contributed by atoms with van der Waals surface area (Å²) in [7, 11) is 0. The van der Waals surface area contributed by atoms with E-state index >= 15 is 0 Å². The Hall–Kier alpha value is -1.14. The van der Waals surface area contributed by atoms with Crippen LogP contribution in [0.1, 0.15) is 50.8 Å². The molecule has 0 unspecified atom stereocenters. The predicted molar refractivity (Wildman–Crippen MR) is 75.5 cm³/mol. The summed E-state index contributed by atoms with van der Waals surface area (Å²) < 4.78 is 11.3. The summed E-state index contributed by atoms with van der Waals surface area (Å²) in [4.78, 5) is 0. The van der Waals surface area contributed by atoms with Crippen LogP contribution in [0.2, 0.25) is 0 Å². The maximum Gasteiger partial charge on any atom is 0.315 e. The lowest BCUT2D eigenvalue weighted by Gasteiger charge is -2.21. The van der Waals surface area contributed by atoms with Crippen LogP contribution in [0, 0.1) is 0 Å². The third kappa shape index (κ3) is 4.45. The molecule has 2 N–H and O–H groups in total. The van der Waals surface area contributed by atoms with Crippen LogP contribution in [0.4, 0.5) is 6.01 Å². The van der Waals surface area contributed by atoms with Crippen LogP contribution in [0.5, 0.6) is 0 Å². The van der Waals surface area contributed by atoms with Crippen molar-refractivity contribution < 1.29 is 9.15 Å². The van der Waals surface area contributed by atoms with Gasteiger partial charge in [-0.05, 0) is 25.7 Å². The van der Waals surface area contributed by atoms with E-state index in [2.05, 4.69) is 20.8 Å². The molecule has 0 aromatic carbocycles. The van der Waals surface area contributed by atoms with E-state index in [1.54, 1.807) is 0 Å². The first kappa shape index (κ1) is 13.8. The molecule has 20 heavy (non-hydrogen) atoms. The van der Waals surface area contributed by atoms with Gasteiger partial charge < -0.3 is 19.8 Å². The first-order valence-electron chi connectivity index (χ1n) is 7.81. The normalized spacial score (nSPS) is 20.2. The number of hydrogen-bond acceptors (Lipinski definition) is 6. The summed E-state index contributed by atoms with van der Waals surface area (Å²) in [5.41, 5.74) is 0. The SMILES string of the molecule is C1CCC(OCCNc2nnc(CNC3CC3)o2)CC1. The number of rotatable bonds is 8. The standard InChI is InChI=1S/C14H24N4O2/c1-2-4-12(5-3-1)19-9-8-15-14-18-17-13(20-14)10-16-11-6-7-11/h11-12,16H,1-10H2,(H,15,18). The molecule has 0 radical (unpaired) electrons. The molecule has 2 aliphatic carbocycles. The van der Waals surface area contributed by atoms with Crippen LogP contribution in [0.25, 0.3) is 0 Å². The van der Waals surface area contributed by atoms with Gasteiger partial charge in [0.1, 0.15) is 0 Å². The van der Waals surface area contributed by atoms with Gasteiger partial charge in [-0.15, -0.1) is 5.10 Å². The van der Waals surface area contributed by atoms with Gasteiger partial charge in [-0.3, -0.25) is 0 Å². The molecule has 2 aliphatic rings. The molecular weight excluding hydrogens is 256 g/mol. The maximum absolute atomic E-state index is 5.83. The quantitative estimate of drug-likeness (QED) is 0.710. The van der Waals surface area contributed by atoms with Crippen LogP contribution in [-0.2, 0) is 11.3 Å². The molecule has 0 saturated heterocycles. The predicted octanol–water partition coefficient (Wildman–Crippen LogP) is 2.08. The zero-order valence-corrected chi connectivity index (χ0v) is 11.9. The van der Waals surface area contributed by atoms with Gasteiger partial charge in [-0.2, -0.15) is 0 Å². The lowest BCUT2D eigenvalue weighted by molar-refractivity contribution is 0.0346. The third-order valence-electron chi connectivity index (χ3n) is 3.87. The fraction of sp³-hybridized carbons (Fsp3) is 0.857. The first-order chi connectivity index (χ1) is 9.90. The number of hydrogen-bond donors (Lipinski definition) is 2. The van der Waals surface area contributed by atoms with E-state index in [0.717, 1.165) is 0 Å². The van der Waals surface area contributed by atoms with Crippen LogP contribution >= 0.6 is 0 Å². The van der Waals surface area contributed by atoms with E-state index < -0.39 is 0 Å². The molecule has 112 valence electrons. The van der Waals surface area contributed by atoms with Crippen LogP contribution < -0.4 is 10.6 Å². The zero-order chi connectivity index (χ0) is 13.6. The summed E-state index contributed by atoms with van der Waals surface area (Å²) in [5, 5.41) is 14.4. The van der Waals surface area contributed by atoms with Crippen LogP contribution in [0.3, 0.4) is 0 Å². The Morgan fingerprint density at radius 1 is 1.10 bits per heavy atom. The molecule has 2 saturated carbocycles. The minimum absolute atomic E-state index is 0.450. The minimum Gasteiger partial charge on any atom is -0.407 e. The van der Waals surface area contributed by atoms with Crippen molar-refractivity contribution >= 4 is 6.01 Å². The van der Waals surface area contributed by atoms with Gasteiger partial charge in [-0.1, -0.05) is 24.4 Å². The molecule has 1 heterocycles. The van der Waals surface area contributed by atoms with Crippen molar-refractivity contribution in [2.24, 2.45) is 0 Å². The second kappa shape index (κ2) is 7.04. The Balaban J connectivity index is 1.29. The minimum atomic E-state index is 0.450. The molecule has 1 aromatic heterocycles. The molecule has 6 nitrogen and oxygen atoms in total. The average Bonchev–Trinajstić information content (AvgIpc) is 3.21. The number of nitrogens with one attached hydrogen (secondary N) is 2. The Labute approximate surface area is 119 Å². The number of aromatic nitrogens is 2. The summed E-state index contributed by atoms with van der Waals surface area (Å²) in [5.74, 6) is 0.646. The molecule has 0 bridgehead atoms. The molecule has 0 aliphatic heterocycles. The van der Waals surface area contributed by atoms with Crippen molar-refractivity contribution in [3.05, 3.63) is 5.89 Å². The van der Waals surface area contributed by atoms with Crippen molar-refractivity contribution in [2.75, 3.05) is 18.5 Å². The smallest absolute Gasteiger partial charge is 0.315 e. The molecule has 0 spiro atoms. The second-order valence-electron chi connectivity index (χ2n) is 5.71. The summed E-state index contributed by atoms with van der Waals surface area (Å²) >= 11 is 0. The van der Waals surface area contributed by atoms with Crippen molar-refractivity contribution in [3.8, 4) is 0 Å². The monoisotopic (exact) mass is 280 g/mol. The largest absolute Gasteiger partial charge is 0.407 e. The van der Waals surface area contributed by atoms with Gasteiger partial charge in [0.15, 0.2) is 0 Å². The maximum atomic E-state index is 5.83. The highest BCUT2D eigenvalue weighted by Crippen LogP contribution is 2.20. The second-order valence-corrected chi connectivity index (χ2v) is 5.71. The molecular formula is C14H24N4O2. The van der Waals surface area contributed by atoms with E-state index in [4.69, 9.17) is 9.15 Å². The van der Waals surface area contributed by atoms with Crippen molar-refractivity contribution in [1.82, 2.24) is 15.5 Å². The molecule has 1 aromatic rings. The molecule has 2 fully saturated rings. The van der Waals surface area contributed by atoms with Gasteiger partial charge in [0.2, 0.25) is 5.89 Å². The van der Waals surface area contributed by atoms with Gasteiger partial charge in [0.05, 0.1) is 19.3 Å². The Kier molecular flexibility index (Phi) is 4.86. The topological polar surface area (TPSA) is 72.2 Å². The van der Waals surface area contributed by atoms with Gasteiger partial charge in [0, 0.05) is 12.6 Å². The molecule has 3 rings (SSSR count). The zero-order valence-electron chi connectivity index (χ0n) is 11.9. The highest BCUT2D eigenvalue weighted by atomic mass is 16.5. The highest BCUT2D eigenvalue weighted by Gasteiger charge is 2.21. The Bertz CT molecular complexity index is 400. The van der Waals surface area contributed by atoms with E-state index in [-0.39, 0.29) is 0 Å². The summed E-state index contributed by atoms with van der Waals surface area (Å²) in [6.45, 7) is 2.08. The third-order valence-corrected chi connectivity index (χ3v) is 3.87. The van der Waals surface area contributed by atoms with E-state index in [0.29, 0.717) is 43.7 Å². The number of anilines is 1. The Morgan fingerprint density at radius 3 is 2.75 bits per heavy atom. The number of nitrogens with zero attached hydrogens (tertiary/aromatic N) is 2. The van der Waals surface area contributed by atoms with E-state index in [9.17, 15) is 0 Å². The molecule has 0 atom stereocenters. The molecule has 6 heteroatoms. The summed E-state index contributed by atoms with van der Waals surface area (Å²) in [6.07, 6.45) is 9.35. The van der Waals surface area contributed by atoms with Crippen molar-refractivity contribution in [3.63, 3.8) is 0 Å². The fourth-order valence-electron chi connectivity index (χ4n) is 2.53. The van der Waals surface area contributed by atoms with Gasteiger partial charge in [-0.25, -0.2) is 0 Å². The van der Waals surface area contributed by atoms with Gasteiger partial charge in [0.25, 0.3) is 0 Å².